The number of halogens is 1. The van der Waals surface area contributed by atoms with Crippen LogP contribution in [0.4, 0.5) is 16.2 Å². The smallest absolute Gasteiger partial charge is 0.318 e. The molecule has 3 aromatic rings. The van der Waals surface area contributed by atoms with Gasteiger partial charge in [0.1, 0.15) is 5.58 Å². The fourth-order valence-corrected chi connectivity index (χ4v) is 2.37. The topological polar surface area (TPSA) is 83.4 Å². The summed E-state index contributed by atoms with van der Waals surface area (Å²) in [7, 11) is 1.52. The van der Waals surface area contributed by atoms with E-state index in [9.17, 15) is 9.59 Å². The maximum Gasteiger partial charge on any atom is 0.318 e. The van der Waals surface area contributed by atoms with Crippen LogP contribution in [0.2, 0.25) is 5.02 Å². The normalized spacial score (nSPS) is 10.4. The monoisotopic (exact) mass is 343 g/mol. The van der Waals surface area contributed by atoms with Gasteiger partial charge in [-0.3, -0.25) is 4.79 Å². The minimum atomic E-state index is -0.389. The fraction of sp³-hybridized carbons (Fsp3) is 0.0588. The molecule has 0 fully saturated rings. The van der Waals surface area contributed by atoms with Gasteiger partial charge < -0.3 is 20.4 Å². The van der Waals surface area contributed by atoms with E-state index in [1.165, 1.54) is 7.05 Å². The van der Waals surface area contributed by atoms with Gasteiger partial charge in [0.2, 0.25) is 0 Å². The molecular weight excluding hydrogens is 330 g/mol. The third kappa shape index (κ3) is 3.49. The summed E-state index contributed by atoms with van der Waals surface area (Å²) in [6, 6.07) is 13.2. The number of carbonyl (C=O) groups is 2. The molecule has 122 valence electrons. The summed E-state index contributed by atoms with van der Waals surface area (Å²) in [6.07, 6.45) is 0. The van der Waals surface area contributed by atoms with Crippen molar-refractivity contribution in [2.24, 2.45) is 0 Å². The van der Waals surface area contributed by atoms with Gasteiger partial charge in [-0.2, -0.15) is 0 Å². The van der Waals surface area contributed by atoms with E-state index in [2.05, 4.69) is 16.0 Å². The van der Waals surface area contributed by atoms with E-state index in [1.54, 1.807) is 48.5 Å². The lowest BCUT2D eigenvalue weighted by Crippen LogP contribution is -2.24. The molecule has 1 heterocycles. The van der Waals surface area contributed by atoms with Crippen molar-refractivity contribution in [1.29, 1.82) is 0 Å². The number of hydrogen-bond acceptors (Lipinski definition) is 3. The number of nitrogens with one attached hydrogen (secondary N) is 3. The van der Waals surface area contributed by atoms with E-state index in [1.807, 2.05) is 0 Å². The van der Waals surface area contributed by atoms with Crippen molar-refractivity contribution < 1.29 is 14.0 Å². The van der Waals surface area contributed by atoms with Crippen molar-refractivity contribution in [3.8, 4) is 0 Å². The zero-order valence-corrected chi connectivity index (χ0v) is 13.5. The minimum absolute atomic E-state index is 0.178. The number of fused-ring (bicyclic) bond motifs is 1. The van der Waals surface area contributed by atoms with Crippen LogP contribution < -0.4 is 16.0 Å². The van der Waals surface area contributed by atoms with Gasteiger partial charge in [-0.05, 0) is 42.5 Å². The van der Waals surface area contributed by atoms with Gasteiger partial charge in [0.15, 0.2) is 5.76 Å². The van der Waals surface area contributed by atoms with Crippen LogP contribution in [-0.4, -0.2) is 19.0 Å². The maximum atomic E-state index is 12.3. The van der Waals surface area contributed by atoms with E-state index in [0.29, 0.717) is 22.0 Å². The van der Waals surface area contributed by atoms with Crippen LogP contribution in [0.5, 0.6) is 0 Å². The molecule has 0 bridgehead atoms. The molecule has 24 heavy (non-hydrogen) atoms. The number of rotatable bonds is 3. The summed E-state index contributed by atoms with van der Waals surface area (Å²) < 4.78 is 5.52. The maximum absolute atomic E-state index is 12.3. The number of urea groups is 1. The SMILES string of the molecule is CNC(=O)Nc1cccc(NC(=O)c2cc3cc(Cl)ccc3o2)c1. The van der Waals surface area contributed by atoms with E-state index in [0.717, 1.165) is 5.39 Å². The van der Waals surface area contributed by atoms with Crippen molar-refractivity contribution in [1.82, 2.24) is 5.32 Å². The van der Waals surface area contributed by atoms with Gasteiger partial charge >= 0.3 is 6.03 Å². The van der Waals surface area contributed by atoms with Gasteiger partial charge in [-0.25, -0.2) is 4.79 Å². The number of furan rings is 1. The van der Waals surface area contributed by atoms with Crippen molar-refractivity contribution in [3.63, 3.8) is 0 Å². The molecule has 7 heteroatoms. The predicted octanol–water partition coefficient (Wildman–Crippen LogP) is 4.09. The highest BCUT2D eigenvalue weighted by atomic mass is 35.5. The molecule has 0 unspecified atom stereocenters. The van der Waals surface area contributed by atoms with Crippen molar-refractivity contribution in [2.75, 3.05) is 17.7 Å². The average molecular weight is 344 g/mol. The number of benzene rings is 2. The van der Waals surface area contributed by atoms with Gasteiger partial charge in [-0.15, -0.1) is 0 Å². The van der Waals surface area contributed by atoms with Crippen LogP contribution in [-0.2, 0) is 0 Å². The fourth-order valence-electron chi connectivity index (χ4n) is 2.19. The number of hydrogen-bond donors (Lipinski definition) is 3. The lowest BCUT2D eigenvalue weighted by Gasteiger charge is -2.07. The Labute approximate surface area is 142 Å². The third-order valence-electron chi connectivity index (χ3n) is 3.31. The highest BCUT2D eigenvalue weighted by molar-refractivity contribution is 6.31. The molecular formula is C17H14ClN3O3. The Balaban J connectivity index is 1.78. The van der Waals surface area contributed by atoms with Crippen LogP contribution in [0.15, 0.2) is 52.9 Å². The third-order valence-corrected chi connectivity index (χ3v) is 3.54. The van der Waals surface area contributed by atoms with E-state index in [-0.39, 0.29) is 17.7 Å². The van der Waals surface area contributed by atoms with Crippen molar-refractivity contribution >= 4 is 45.9 Å². The van der Waals surface area contributed by atoms with Crippen LogP contribution >= 0.6 is 11.6 Å². The molecule has 6 nitrogen and oxygen atoms in total. The lowest BCUT2D eigenvalue weighted by molar-refractivity contribution is 0.0998. The highest BCUT2D eigenvalue weighted by Crippen LogP contribution is 2.24. The Bertz CT molecular complexity index is 920. The second-order valence-electron chi connectivity index (χ2n) is 5.03. The van der Waals surface area contributed by atoms with Gasteiger partial charge in [0.25, 0.3) is 5.91 Å². The average Bonchev–Trinajstić information content (AvgIpc) is 2.98. The van der Waals surface area contributed by atoms with Crippen LogP contribution in [0.25, 0.3) is 11.0 Å². The zero-order valence-electron chi connectivity index (χ0n) is 12.7. The first-order chi connectivity index (χ1) is 11.5. The molecule has 0 radical (unpaired) electrons. The first-order valence-corrected chi connectivity index (χ1v) is 7.52. The Morgan fingerprint density at radius 1 is 1.00 bits per heavy atom. The number of amides is 3. The van der Waals surface area contributed by atoms with E-state index < -0.39 is 0 Å². The molecule has 3 amide bonds. The highest BCUT2D eigenvalue weighted by Gasteiger charge is 2.13. The Morgan fingerprint density at radius 2 is 1.75 bits per heavy atom. The molecule has 0 aliphatic rings. The Morgan fingerprint density at radius 3 is 2.50 bits per heavy atom. The summed E-state index contributed by atoms with van der Waals surface area (Å²) in [5.41, 5.74) is 1.68. The first-order valence-electron chi connectivity index (χ1n) is 7.14. The minimum Gasteiger partial charge on any atom is -0.451 e. The molecule has 0 spiro atoms. The molecule has 1 aromatic heterocycles. The molecule has 3 rings (SSSR count). The second-order valence-corrected chi connectivity index (χ2v) is 5.47. The quantitative estimate of drug-likeness (QED) is 0.669. The predicted molar refractivity (Wildman–Crippen MR) is 93.7 cm³/mol. The Kier molecular flexibility index (Phi) is 4.39. The molecule has 0 saturated carbocycles. The molecule has 3 N–H and O–H groups in total. The van der Waals surface area contributed by atoms with Gasteiger partial charge in [-0.1, -0.05) is 17.7 Å². The van der Waals surface area contributed by atoms with Gasteiger partial charge in [0.05, 0.1) is 0 Å². The van der Waals surface area contributed by atoms with Crippen LogP contribution in [0.3, 0.4) is 0 Å². The van der Waals surface area contributed by atoms with Crippen LogP contribution in [0, 0.1) is 0 Å². The summed E-state index contributed by atoms with van der Waals surface area (Å²) in [6.45, 7) is 0. The molecule has 0 atom stereocenters. The Hall–Kier alpha value is -2.99. The van der Waals surface area contributed by atoms with Crippen molar-refractivity contribution in [3.05, 3.63) is 59.3 Å². The van der Waals surface area contributed by atoms with Gasteiger partial charge in [0, 0.05) is 28.8 Å². The van der Waals surface area contributed by atoms with E-state index in [4.69, 9.17) is 16.0 Å². The second kappa shape index (κ2) is 6.64. The first kappa shape index (κ1) is 15.9. The largest absolute Gasteiger partial charge is 0.451 e. The lowest BCUT2D eigenvalue weighted by atomic mass is 10.2. The van der Waals surface area contributed by atoms with Crippen LogP contribution in [0.1, 0.15) is 10.6 Å². The number of anilines is 2. The summed E-state index contributed by atoms with van der Waals surface area (Å²) in [5, 5.41) is 9.14. The molecule has 2 aromatic carbocycles. The molecule has 0 saturated heterocycles. The summed E-state index contributed by atoms with van der Waals surface area (Å²) >= 11 is 5.93. The summed E-state index contributed by atoms with van der Waals surface area (Å²) in [4.78, 5) is 23.6. The summed E-state index contributed by atoms with van der Waals surface area (Å²) in [5.74, 6) is -0.212. The van der Waals surface area contributed by atoms with Crippen molar-refractivity contribution in [2.45, 2.75) is 0 Å². The number of carbonyl (C=O) groups excluding carboxylic acids is 2. The molecule has 0 aliphatic heterocycles. The standard InChI is InChI=1S/C17H14ClN3O3/c1-19-17(23)21-13-4-2-3-12(9-13)20-16(22)15-8-10-7-11(18)5-6-14(10)24-15/h2-9H,1H3,(H,20,22)(H2,19,21,23). The van der Waals surface area contributed by atoms with E-state index >= 15 is 0 Å². The zero-order chi connectivity index (χ0) is 17.1. The molecule has 0 aliphatic carbocycles.